The molecule has 0 amide bonds. The summed E-state index contributed by atoms with van der Waals surface area (Å²) in [5, 5.41) is 0. The lowest BCUT2D eigenvalue weighted by molar-refractivity contribution is -0.170. The van der Waals surface area contributed by atoms with E-state index >= 15 is 0 Å². The average molecular weight is 1340 g/mol. The molecule has 0 radical (unpaired) electrons. The van der Waals surface area contributed by atoms with Crippen LogP contribution in [0, 0.1) is 107 Å². The van der Waals surface area contributed by atoms with Crippen LogP contribution >= 0.6 is 0 Å². The molecule has 96 heavy (non-hydrogen) atoms. The van der Waals surface area contributed by atoms with Crippen molar-refractivity contribution in [1.82, 2.24) is 0 Å². The van der Waals surface area contributed by atoms with Crippen LogP contribution in [0.25, 0.3) is 0 Å². The third kappa shape index (κ3) is 26.8. The summed E-state index contributed by atoms with van der Waals surface area (Å²) in [6.07, 6.45) is 86.3. The average Bonchev–Trinajstić information content (AvgIpc) is 0.779. The summed E-state index contributed by atoms with van der Waals surface area (Å²) in [5.74, 6) is 16.0. The van der Waals surface area contributed by atoms with Gasteiger partial charge < -0.3 is 18.9 Å². The van der Waals surface area contributed by atoms with Crippen molar-refractivity contribution >= 4 is 0 Å². The third-order valence-electron chi connectivity index (χ3n) is 30.3. The van der Waals surface area contributed by atoms with Crippen LogP contribution in [0.2, 0.25) is 0 Å². The topological polar surface area (TPSA) is 36.9 Å². The maximum atomic E-state index is 7.70. The second kappa shape index (κ2) is 46.6. The molecule has 9 fully saturated rings. The molecule has 4 heteroatoms. The minimum Gasteiger partial charge on any atom is -0.378 e. The Kier molecular flexibility index (Phi) is 38.8. The van der Waals surface area contributed by atoms with Gasteiger partial charge in [-0.15, -0.1) is 0 Å². The Morgan fingerprint density at radius 1 is 0.177 bits per heavy atom. The fraction of sp³-hybridized carbons (Fsp3) is 1.00. The predicted octanol–water partition coefficient (Wildman–Crippen LogP) is 28.3. The summed E-state index contributed by atoms with van der Waals surface area (Å²) in [7, 11) is 0. The Morgan fingerprint density at radius 3 is 0.708 bits per heavy atom. The normalized spacial score (nSPS) is 36.9. The molecule has 0 spiro atoms. The first-order valence-electron chi connectivity index (χ1n) is 45.8. The largest absolute Gasteiger partial charge is 0.378 e. The Balaban J connectivity index is 0.900. The smallest absolute Gasteiger partial charge is 0.0611 e. The lowest BCUT2D eigenvalue weighted by Crippen LogP contribution is -2.53. The van der Waals surface area contributed by atoms with Crippen LogP contribution in [0.4, 0.5) is 0 Å². The van der Waals surface area contributed by atoms with E-state index in [2.05, 4.69) is 41.5 Å². The SMILES string of the molecule is CCCCCCCCCCOC1CC(C2CC(OCCCCCCCCCC)C(C3CCC(C4CCC(C5CCC6CC7CC(C)CCC7CC6C5)CC4)CC3)CC2OCCCCCCCCCC)C(OCCCCCCCCCC)CC1C1CCC(C2CCC(C)CC2)CC1. The van der Waals surface area contributed by atoms with Gasteiger partial charge in [0.25, 0.3) is 0 Å². The summed E-state index contributed by atoms with van der Waals surface area (Å²) in [4.78, 5) is 0. The molecular weight excluding hydrogens is 1170 g/mol. The zero-order valence-electron chi connectivity index (χ0n) is 65.6. The molecule has 9 aliphatic carbocycles. The van der Waals surface area contributed by atoms with E-state index in [1.54, 1.807) is 70.6 Å². The van der Waals surface area contributed by atoms with Crippen molar-refractivity contribution in [2.24, 2.45) is 107 Å². The van der Waals surface area contributed by atoms with Crippen LogP contribution in [0.3, 0.4) is 0 Å². The van der Waals surface area contributed by atoms with Gasteiger partial charge in [-0.1, -0.05) is 241 Å². The zero-order chi connectivity index (χ0) is 66.8. The van der Waals surface area contributed by atoms with Gasteiger partial charge in [-0.05, 0) is 293 Å². The first-order valence-corrected chi connectivity index (χ1v) is 45.8. The van der Waals surface area contributed by atoms with Crippen molar-refractivity contribution in [2.75, 3.05) is 26.4 Å². The first kappa shape index (κ1) is 79.9. The molecule has 0 aromatic heterocycles. The third-order valence-corrected chi connectivity index (χ3v) is 30.3. The summed E-state index contributed by atoms with van der Waals surface area (Å²) < 4.78 is 30.6. The molecule has 0 aliphatic heterocycles. The second-order valence-corrected chi connectivity index (χ2v) is 37.2. The maximum absolute atomic E-state index is 7.70. The van der Waals surface area contributed by atoms with Crippen LogP contribution < -0.4 is 0 Å². The molecule has 0 aromatic rings. The van der Waals surface area contributed by atoms with Gasteiger partial charge in [0, 0.05) is 26.4 Å². The Labute approximate surface area is 599 Å². The van der Waals surface area contributed by atoms with E-state index in [-0.39, 0.29) is 0 Å². The van der Waals surface area contributed by atoms with Crippen LogP contribution in [-0.2, 0) is 18.9 Å². The van der Waals surface area contributed by atoms with E-state index in [4.69, 9.17) is 18.9 Å². The van der Waals surface area contributed by atoms with Crippen molar-refractivity contribution in [2.45, 2.75) is 451 Å². The predicted molar refractivity (Wildman–Crippen MR) is 413 cm³/mol. The summed E-state index contributed by atoms with van der Waals surface area (Å²) in [6, 6.07) is 0. The first-order chi connectivity index (χ1) is 47.3. The molecule has 0 aromatic carbocycles. The van der Waals surface area contributed by atoms with Gasteiger partial charge >= 0.3 is 0 Å². The molecule has 0 N–H and O–H groups in total. The van der Waals surface area contributed by atoms with Gasteiger partial charge in [0.2, 0.25) is 0 Å². The van der Waals surface area contributed by atoms with Crippen molar-refractivity contribution in [3.8, 4) is 0 Å². The van der Waals surface area contributed by atoms with Crippen molar-refractivity contribution in [3.63, 3.8) is 0 Å². The number of hydrogen-bond donors (Lipinski definition) is 0. The van der Waals surface area contributed by atoms with Gasteiger partial charge in [-0.25, -0.2) is 0 Å². The van der Waals surface area contributed by atoms with Crippen molar-refractivity contribution < 1.29 is 18.9 Å². The molecule has 9 rings (SSSR count). The molecule has 9 aliphatic rings. The van der Waals surface area contributed by atoms with Gasteiger partial charge in [0.15, 0.2) is 0 Å². The highest BCUT2D eigenvalue weighted by molar-refractivity contribution is 5.02. The minimum atomic E-state index is 0.310. The number of hydrogen-bond acceptors (Lipinski definition) is 4. The number of ether oxygens (including phenoxy) is 4. The van der Waals surface area contributed by atoms with Crippen molar-refractivity contribution in [3.05, 3.63) is 0 Å². The van der Waals surface area contributed by atoms with Crippen LogP contribution in [0.1, 0.15) is 427 Å². The summed E-state index contributed by atoms with van der Waals surface area (Å²) in [6.45, 7) is 18.3. The van der Waals surface area contributed by atoms with E-state index in [1.165, 1.54) is 315 Å². The van der Waals surface area contributed by atoms with E-state index in [1.807, 2.05) is 0 Å². The lowest BCUT2D eigenvalue weighted by Gasteiger charge is -2.53. The van der Waals surface area contributed by atoms with Crippen LogP contribution in [0.5, 0.6) is 0 Å². The molecule has 560 valence electrons. The quantitative estimate of drug-likeness (QED) is 0.0569. The van der Waals surface area contributed by atoms with Gasteiger partial charge in [-0.2, -0.15) is 0 Å². The molecule has 0 saturated heterocycles. The zero-order valence-corrected chi connectivity index (χ0v) is 65.6. The Morgan fingerprint density at radius 2 is 0.385 bits per heavy atom. The summed E-state index contributed by atoms with van der Waals surface area (Å²) in [5.41, 5.74) is 0. The standard InChI is InChI=1S/C92H168O4/c1-7-11-15-19-23-27-31-35-59-93-89-69-87(91(95-61-37-33-29-25-21-17-13-9-3)67-85(89)78-53-49-75(50-54-78)73-42-39-71(5)40-43-73)88-70-90(94-60-36-32-28-24-20-16-12-8-2)86(68-92(88)96-62-38-34-30-26-22-18-14-10-4)79-55-51-76(52-56-79)74-45-47-77(48-46-74)80-57-58-82-65-83-63-72(6)41-44-81(83)66-84(82)64-80/h71-92H,7-70H2,1-6H3. The molecule has 0 bridgehead atoms. The molecule has 0 heterocycles. The number of rotatable bonds is 46. The molecular formula is C92H168O4. The molecule has 4 nitrogen and oxygen atoms in total. The highest BCUT2D eigenvalue weighted by Crippen LogP contribution is 2.57. The van der Waals surface area contributed by atoms with Crippen molar-refractivity contribution in [1.29, 1.82) is 0 Å². The van der Waals surface area contributed by atoms with E-state index < -0.39 is 0 Å². The van der Waals surface area contributed by atoms with E-state index in [9.17, 15) is 0 Å². The number of fused-ring (bicyclic) bond motifs is 2. The fourth-order valence-electron chi connectivity index (χ4n) is 24.2. The van der Waals surface area contributed by atoms with Gasteiger partial charge in [0.1, 0.15) is 0 Å². The molecule has 14 unspecified atom stereocenters. The lowest BCUT2D eigenvalue weighted by atomic mass is 9.55. The minimum absolute atomic E-state index is 0.310. The Bertz CT molecular complexity index is 1890. The highest BCUT2D eigenvalue weighted by atomic mass is 16.5. The summed E-state index contributed by atoms with van der Waals surface area (Å²) >= 11 is 0. The van der Waals surface area contributed by atoms with E-state index in [0.29, 0.717) is 48.1 Å². The molecule has 9 saturated carbocycles. The monoisotopic (exact) mass is 1340 g/mol. The fourth-order valence-corrected chi connectivity index (χ4v) is 24.2. The molecule has 14 atom stereocenters. The maximum Gasteiger partial charge on any atom is 0.0611 e. The van der Waals surface area contributed by atoms with Gasteiger partial charge in [-0.3, -0.25) is 0 Å². The second-order valence-electron chi connectivity index (χ2n) is 37.2. The van der Waals surface area contributed by atoms with Gasteiger partial charge in [0.05, 0.1) is 24.4 Å². The van der Waals surface area contributed by atoms with Crippen LogP contribution in [-0.4, -0.2) is 50.8 Å². The van der Waals surface area contributed by atoms with E-state index in [0.717, 1.165) is 109 Å². The van der Waals surface area contributed by atoms with Crippen LogP contribution in [0.15, 0.2) is 0 Å². The number of unbranched alkanes of at least 4 members (excludes halogenated alkanes) is 28. The Hall–Kier alpha value is -0.160. The highest BCUT2D eigenvalue weighted by Gasteiger charge is 2.52.